The molecule has 3 amide bonds. The van der Waals surface area contributed by atoms with Crippen molar-refractivity contribution in [2.24, 2.45) is 5.92 Å². The normalized spacial score (nSPS) is 20.6. The summed E-state index contributed by atoms with van der Waals surface area (Å²) in [6, 6.07) is 5.85. The van der Waals surface area contributed by atoms with E-state index in [-0.39, 0.29) is 11.9 Å². The molecule has 2 aliphatic rings. The zero-order valence-electron chi connectivity index (χ0n) is 16.1. The zero-order chi connectivity index (χ0) is 18.7. The molecule has 0 atom stereocenters. The summed E-state index contributed by atoms with van der Waals surface area (Å²) in [4.78, 5) is 35.9. The number of hydrogen-bond acceptors (Lipinski definition) is 4. The van der Waals surface area contributed by atoms with Gasteiger partial charge in [0.05, 0.1) is 5.69 Å². The monoisotopic (exact) mass is 358 g/mol. The Morgan fingerprint density at radius 1 is 1.19 bits per heavy atom. The van der Waals surface area contributed by atoms with Crippen molar-refractivity contribution in [2.45, 2.75) is 52.1 Å². The first-order chi connectivity index (χ1) is 12.5. The van der Waals surface area contributed by atoms with Gasteiger partial charge >= 0.3 is 6.03 Å². The molecular formula is C20H30N4O2. The molecule has 0 aliphatic carbocycles. The van der Waals surface area contributed by atoms with Crippen LogP contribution in [0.2, 0.25) is 0 Å². The smallest absolute Gasteiger partial charge is 0.309 e. The van der Waals surface area contributed by atoms with Gasteiger partial charge in [-0.25, -0.2) is 4.79 Å². The topological polar surface area (TPSA) is 56.8 Å². The average Bonchev–Trinajstić information content (AvgIpc) is 2.82. The SMILES string of the molecule is CCN1C(=O)N(CCC(C)C)C2(CCN(Cc3ccccn3)CC2)C1=O. The maximum atomic E-state index is 13.1. The van der Waals surface area contributed by atoms with Crippen molar-refractivity contribution < 1.29 is 9.59 Å². The lowest BCUT2D eigenvalue weighted by Crippen LogP contribution is -2.56. The lowest BCUT2D eigenvalue weighted by molar-refractivity contribution is -0.135. The van der Waals surface area contributed by atoms with Gasteiger partial charge in [-0.1, -0.05) is 19.9 Å². The third-order valence-corrected chi connectivity index (χ3v) is 5.66. The zero-order valence-corrected chi connectivity index (χ0v) is 16.1. The standard InChI is InChI=1S/C20H30N4O2/c1-4-23-18(25)20(24(19(23)26)12-8-16(2)3)9-13-22(14-10-20)15-17-7-5-6-11-21-17/h5-7,11,16H,4,8-10,12-15H2,1-3H3. The summed E-state index contributed by atoms with van der Waals surface area (Å²) in [6.45, 7) is 9.73. The van der Waals surface area contributed by atoms with Crippen molar-refractivity contribution in [1.29, 1.82) is 0 Å². The number of piperidine rings is 1. The molecule has 0 unspecified atom stereocenters. The molecule has 0 saturated carbocycles. The summed E-state index contributed by atoms with van der Waals surface area (Å²) in [5.74, 6) is 0.515. The third kappa shape index (κ3) is 3.47. The number of likely N-dealkylation sites (tertiary alicyclic amines) is 1. The highest BCUT2D eigenvalue weighted by Crippen LogP contribution is 2.37. The highest BCUT2D eigenvalue weighted by molar-refractivity contribution is 6.07. The number of amides is 3. The van der Waals surface area contributed by atoms with E-state index in [9.17, 15) is 9.59 Å². The van der Waals surface area contributed by atoms with Gasteiger partial charge in [0, 0.05) is 38.9 Å². The Kier molecular flexibility index (Phi) is 5.61. The highest BCUT2D eigenvalue weighted by Gasteiger charge is 2.57. The molecule has 3 heterocycles. The second kappa shape index (κ2) is 7.74. The van der Waals surface area contributed by atoms with E-state index in [0.29, 0.717) is 31.8 Å². The molecule has 2 saturated heterocycles. The van der Waals surface area contributed by atoms with E-state index in [0.717, 1.165) is 31.7 Å². The average molecular weight is 358 g/mol. The van der Waals surface area contributed by atoms with Crippen LogP contribution in [0.3, 0.4) is 0 Å². The predicted octanol–water partition coefficient (Wildman–Crippen LogP) is 2.75. The van der Waals surface area contributed by atoms with Crippen LogP contribution in [-0.2, 0) is 11.3 Å². The Labute approximate surface area is 156 Å². The molecule has 6 nitrogen and oxygen atoms in total. The molecule has 6 heteroatoms. The fourth-order valence-electron chi connectivity index (χ4n) is 4.04. The summed E-state index contributed by atoms with van der Waals surface area (Å²) in [7, 11) is 0. The van der Waals surface area contributed by atoms with E-state index in [1.165, 1.54) is 4.90 Å². The maximum absolute atomic E-state index is 13.1. The minimum atomic E-state index is -0.636. The maximum Gasteiger partial charge on any atom is 0.327 e. The number of pyridine rings is 1. The van der Waals surface area contributed by atoms with Gasteiger partial charge in [0.15, 0.2) is 0 Å². The van der Waals surface area contributed by atoms with Crippen LogP contribution in [0.15, 0.2) is 24.4 Å². The quantitative estimate of drug-likeness (QED) is 0.734. The Balaban J connectivity index is 1.72. The lowest BCUT2D eigenvalue weighted by Gasteiger charge is -2.42. The van der Waals surface area contributed by atoms with E-state index >= 15 is 0 Å². The van der Waals surface area contributed by atoms with Crippen molar-refractivity contribution in [3.05, 3.63) is 30.1 Å². The summed E-state index contributed by atoms with van der Waals surface area (Å²) in [6.07, 6.45) is 4.15. The van der Waals surface area contributed by atoms with E-state index in [2.05, 4.69) is 23.7 Å². The van der Waals surface area contributed by atoms with Gasteiger partial charge in [0.1, 0.15) is 5.54 Å². The largest absolute Gasteiger partial charge is 0.327 e. The van der Waals surface area contributed by atoms with Crippen LogP contribution < -0.4 is 0 Å². The van der Waals surface area contributed by atoms with Crippen LogP contribution in [-0.4, -0.2) is 63.3 Å². The van der Waals surface area contributed by atoms with E-state index in [1.807, 2.05) is 36.2 Å². The van der Waals surface area contributed by atoms with Gasteiger partial charge in [-0.2, -0.15) is 0 Å². The summed E-state index contributed by atoms with van der Waals surface area (Å²) >= 11 is 0. The minimum Gasteiger partial charge on any atom is -0.309 e. The van der Waals surface area contributed by atoms with Crippen LogP contribution in [0.5, 0.6) is 0 Å². The van der Waals surface area contributed by atoms with Crippen LogP contribution in [0.25, 0.3) is 0 Å². The molecule has 3 rings (SSSR count). The van der Waals surface area contributed by atoms with Gasteiger partial charge in [-0.05, 0) is 44.2 Å². The van der Waals surface area contributed by atoms with E-state index < -0.39 is 5.54 Å². The molecule has 1 spiro atoms. The molecule has 0 N–H and O–H groups in total. The molecule has 1 aromatic heterocycles. The molecule has 2 aliphatic heterocycles. The van der Waals surface area contributed by atoms with Gasteiger partial charge in [-0.3, -0.25) is 19.6 Å². The fraction of sp³-hybridized carbons (Fsp3) is 0.650. The first kappa shape index (κ1) is 18.8. The van der Waals surface area contributed by atoms with Gasteiger partial charge in [-0.15, -0.1) is 0 Å². The number of carbonyl (C=O) groups excluding carboxylic acids is 2. The number of likely N-dealkylation sites (N-methyl/N-ethyl adjacent to an activating group) is 1. The van der Waals surface area contributed by atoms with Crippen LogP contribution in [0, 0.1) is 5.92 Å². The highest BCUT2D eigenvalue weighted by atomic mass is 16.2. The van der Waals surface area contributed by atoms with E-state index in [1.54, 1.807) is 0 Å². The lowest BCUT2D eigenvalue weighted by atomic mass is 9.85. The molecule has 0 radical (unpaired) electrons. The molecular weight excluding hydrogens is 328 g/mol. The summed E-state index contributed by atoms with van der Waals surface area (Å²) in [5, 5.41) is 0. The molecule has 2 fully saturated rings. The second-order valence-corrected chi connectivity index (χ2v) is 7.79. The minimum absolute atomic E-state index is 0.00578. The van der Waals surface area contributed by atoms with Crippen LogP contribution >= 0.6 is 0 Å². The fourth-order valence-corrected chi connectivity index (χ4v) is 4.04. The molecule has 0 bridgehead atoms. The number of urea groups is 1. The van der Waals surface area contributed by atoms with Gasteiger partial charge in [0.2, 0.25) is 0 Å². The summed E-state index contributed by atoms with van der Waals surface area (Å²) in [5.41, 5.74) is 0.409. The third-order valence-electron chi connectivity index (χ3n) is 5.66. The van der Waals surface area contributed by atoms with E-state index in [4.69, 9.17) is 0 Å². The Morgan fingerprint density at radius 2 is 1.92 bits per heavy atom. The summed E-state index contributed by atoms with van der Waals surface area (Å²) < 4.78 is 0. The second-order valence-electron chi connectivity index (χ2n) is 7.79. The molecule has 0 aromatic carbocycles. The number of imide groups is 1. The molecule has 26 heavy (non-hydrogen) atoms. The van der Waals surface area contributed by atoms with Crippen LogP contribution in [0.1, 0.15) is 45.7 Å². The van der Waals surface area contributed by atoms with Crippen molar-refractivity contribution >= 4 is 11.9 Å². The number of carbonyl (C=O) groups is 2. The number of hydrogen-bond donors (Lipinski definition) is 0. The van der Waals surface area contributed by atoms with Gasteiger partial charge in [0.25, 0.3) is 5.91 Å². The van der Waals surface area contributed by atoms with Crippen molar-refractivity contribution in [2.75, 3.05) is 26.2 Å². The Hall–Kier alpha value is -1.95. The van der Waals surface area contributed by atoms with Crippen molar-refractivity contribution in [3.8, 4) is 0 Å². The first-order valence-electron chi connectivity index (χ1n) is 9.74. The Bertz CT molecular complexity index is 638. The number of nitrogens with zero attached hydrogens (tertiary/aromatic N) is 4. The first-order valence-corrected chi connectivity index (χ1v) is 9.74. The molecule has 1 aromatic rings. The van der Waals surface area contributed by atoms with Gasteiger partial charge < -0.3 is 4.90 Å². The van der Waals surface area contributed by atoms with Crippen molar-refractivity contribution in [1.82, 2.24) is 19.7 Å². The Morgan fingerprint density at radius 3 is 2.50 bits per heavy atom. The predicted molar refractivity (Wildman–Crippen MR) is 100 cm³/mol. The molecule has 142 valence electrons. The number of rotatable bonds is 6. The van der Waals surface area contributed by atoms with Crippen LogP contribution in [0.4, 0.5) is 4.79 Å². The number of aromatic nitrogens is 1. The van der Waals surface area contributed by atoms with Crippen molar-refractivity contribution in [3.63, 3.8) is 0 Å².